The van der Waals surface area contributed by atoms with Gasteiger partial charge < -0.3 is 14.7 Å². The minimum absolute atomic E-state index is 0.192. The number of para-hydroxylation sites is 1. The van der Waals surface area contributed by atoms with Crippen molar-refractivity contribution in [3.8, 4) is 0 Å². The van der Waals surface area contributed by atoms with Gasteiger partial charge in [0.15, 0.2) is 0 Å². The molecule has 3 rings (SSSR count). The predicted octanol–water partition coefficient (Wildman–Crippen LogP) is 1.99. The van der Waals surface area contributed by atoms with E-state index in [-0.39, 0.29) is 12.3 Å². The highest BCUT2D eigenvalue weighted by atomic mass is 16.5. The van der Waals surface area contributed by atoms with Crippen molar-refractivity contribution in [2.75, 3.05) is 13.7 Å². The molecule has 0 unspecified atom stereocenters. The van der Waals surface area contributed by atoms with E-state index in [1.807, 2.05) is 31.2 Å². The molecule has 6 nitrogen and oxygen atoms in total. The van der Waals surface area contributed by atoms with E-state index < -0.39 is 18.1 Å². The lowest BCUT2D eigenvalue weighted by atomic mass is 9.97. The lowest BCUT2D eigenvalue weighted by Gasteiger charge is -2.36. The number of hydrogen-bond donors (Lipinski definition) is 1. The van der Waals surface area contributed by atoms with Crippen molar-refractivity contribution in [3.05, 3.63) is 41.1 Å². The van der Waals surface area contributed by atoms with Gasteiger partial charge in [-0.05, 0) is 31.9 Å². The maximum atomic E-state index is 13.1. The number of likely N-dealkylation sites (tertiary alicyclic amines) is 1. The van der Waals surface area contributed by atoms with Crippen molar-refractivity contribution in [1.29, 1.82) is 0 Å². The molecule has 0 saturated carbocycles. The van der Waals surface area contributed by atoms with Crippen LogP contribution in [0.4, 0.5) is 0 Å². The van der Waals surface area contributed by atoms with Gasteiger partial charge in [-0.15, -0.1) is 0 Å². The summed E-state index contributed by atoms with van der Waals surface area (Å²) in [7, 11) is 1.29. The second-order valence-electron chi connectivity index (χ2n) is 6.48. The monoisotopic (exact) mass is 342 g/mol. The van der Waals surface area contributed by atoms with Crippen LogP contribution in [0.3, 0.4) is 0 Å². The zero-order valence-corrected chi connectivity index (χ0v) is 14.7. The average molecular weight is 342 g/mol. The molecule has 1 amide bonds. The number of aryl methyl sites for hydroxylation is 2. The largest absolute Gasteiger partial charge is 0.467 e. The van der Waals surface area contributed by atoms with Gasteiger partial charge in [0.1, 0.15) is 6.04 Å². The van der Waals surface area contributed by atoms with Crippen LogP contribution in [0.15, 0.2) is 24.3 Å². The molecule has 2 aromatic rings. The zero-order valence-electron chi connectivity index (χ0n) is 14.7. The average Bonchev–Trinajstić information content (AvgIpc) is 2.60. The fraction of sp³-hybridized carbons (Fsp3) is 0.421. The molecule has 1 aromatic heterocycles. The van der Waals surface area contributed by atoms with Crippen LogP contribution >= 0.6 is 0 Å². The number of rotatable bonds is 2. The fourth-order valence-corrected chi connectivity index (χ4v) is 3.36. The molecule has 0 radical (unpaired) electrons. The minimum Gasteiger partial charge on any atom is -0.467 e. The third-order valence-electron chi connectivity index (χ3n) is 4.78. The highest BCUT2D eigenvalue weighted by molar-refractivity contribution is 6.00. The number of aliphatic hydroxyl groups is 1. The third kappa shape index (κ3) is 3.22. The molecule has 1 aliphatic heterocycles. The Balaban J connectivity index is 2.00. The number of carbonyl (C=O) groups excluding carboxylic acids is 2. The van der Waals surface area contributed by atoms with Gasteiger partial charge in [0.05, 0.1) is 30.0 Å². The number of fused-ring (bicyclic) bond motifs is 1. The molecule has 1 fully saturated rings. The van der Waals surface area contributed by atoms with Crippen molar-refractivity contribution in [3.63, 3.8) is 0 Å². The van der Waals surface area contributed by atoms with Gasteiger partial charge in [-0.2, -0.15) is 0 Å². The molecular formula is C19H22N2O4. The molecule has 1 N–H and O–H groups in total. The summed E-state index contributed by atoms with van der Waals surface area (Å²) in [6.45, 7) is 4.09. The molecule has 6 heteroatoms. The number of hydrogen-bond acceptors (Lipinski definition) is 5. The van der Waals surface area contributed by atoms with Crippen LogP contribution in [0, 0.1) is 13.8 Å². The Morgan fingerprint density at radius 2 is 2.08 bits per heavy atom. The summed E-state index contributed by atoms with van der Waals surface area (Å²) in [6.07, 6.45) is 0.0299. The first kappa shape index (κ1) is 17.4. The van der Waals surface area contributed by atoms with E-state index in [4.69, 9.17) is 4.74 Å². The second-order valence-corrected chi connectivity index (χ2v) is 6.48. The molecule has 2 heterocycles. The van der Waals surface area contributed by atoms with Crippen LogP contribution in [-0.2, 0) is 9.53 Å². The van der Waals surface area contributed by atoms with Crippen LogP contribution in [-0.4, -0.2) is 52.7 Å². The van der Waals surface area contributed by atoms with Crippen molar-refractivity contribution >= 4 is 22.8 Å². The number of aromatic nitrogens is 1. The summed E-state index contributed by atoms with van der Waals surface area (Å²) in [4.78, 5) is 31.2. The molecule has 1 aromatic carbocycles. The molecule has 1 saturated heterocycles. The molecule has 0 aliphatic carbocycles. The number of nitrogens with zero attached hydrogens (tertiary/aromatic N) is 2. The summed E-state index contributed by atoms with van der Waals surface area (Å²) in [5, 5.41) is 10.8. The Morgan fingerprint density at radius 1 is 1.32 bits per heavy atom. The summed E-state index contributed by atoms with van der Waals surface area (Å²) in [5.74, 6) is -0.759. The van der Waals surface area contributed by atoms with Crippen molar-refractivity contribution < 1.29 is 19.4 Å². The predicted molar refractivity (Wildman–Crippen MR) is 93.3 cm³/mol. The van der Waals surface area contributed by atoms with E-state index in [2.05, 4.69) is 4.98 Å². The van der Waals surface area contributed by atoms with E-state index in [1.165, 1.54) is 12.0 Å². The topological polar surface area (TPSA) is 79.7 Å². The first-order valence-electron chi connectivity index (χ1n) is 8.36. The number of piperidine rings is 1. The number of benzene rings is 1. The van der Waals surface area contributed by atoms with Crippen LogP contribution in [0.2, 0.25) is 0 Å². The van der Waals surface area contributed by atoms with E-state index >= 15 is 0 Å². The molecule has 0 bridgehead atoms. The lowest BCUT2D eigenvalue weighted by Crippen LogP contribution is -2.51. The number of pyridine rings is 1. The maximum absolute atomic E-state index is 13.1. The molecule has 2 atom stereocenters. The zero-order chi connectivity index (χ0) is 18.1. The quantitative estimate of drug-likeness (QED) is 0.844. The van der Waals surface area contributed by atoms with E-state index in [0.717, 1.165) is 16.5 Å². The highest BCUT2D eigenvalue weighted by Gasteiger charge is 2.37. The number of carbonyl (C=O) groups is 2. The van der Waals surface area contributed by atoms with Crippen molar-refractivity contribution in [1.82, 2.24) is 9.88 Å². The molecule has 0 spiro atoms. The normalized spacial score (nSPS) is 20.6. The first-order valence-corrected chi connectivity index (χ1v) is 8.36. The standard InChI is InChI=1S/C19H22N2O4/c1-11-5-4-6-13-9-15(12(2)20-17(11)13)18(23)21-8-7-14(22)10-16(21)19(24)25-3/h4-6,9,14,16,22H,7-8,10H2,1-3H3/t14-,16+/m1/s1. The first-order chi connectivity index (χ1) is 11.9. The van der Waals surface area contributed by atoms with Crippen molar-refractivity contribution in [2.24, 2.45) is 0 Å². The molecular weight excluding hydrogens is 320 g/mol. The second kappa shape index (κ2) is 6.80. The van der Waals surface area contributed by atoms with Gasteiger partial charge in [0.25, 0.3) is 5.91 Å². The Bertz CT molecular complexity index is 834. The lowest BCUT2D eigenvalue weighted by molar-refractivity contribution is -0.148. The van der Waals surface area contributed by atoms with Gasteiger partial charge in [-0.25, -0.2) is 4.79 Å². The number of aliphatic hydroxyl groups excluding tert-OH is 1. The Kier molecular flexibility index (Phi) is 4.72. The van der Waals surface area contributed by atoms with Gasteiger partial charge in [0.2, 0.25) is 0 Å². The van der Waals surface area contributed by atoms with E-state index in [1.54, 1.807) is 6.92 Å². The van der Waals surface area contributed by atoms with Crippen LogP contribution in [0.25, 0.3) is 10.9 Å². The van der Waals surface area contributed by atoms with Gasteiger partial charge in [-0.3, -0.25) is 9.78 Å². The van der Waals surface area contributed by atoms with Crippen LogP contribution in [0.1, 0.15) is 34.5 Å². The summed E-state index contributed by atoms with van der Waals surface area (Å²) in [6, 6.07) is 6.89. The number of ether oxygens (including phenoxy) is 1. The third-order valence-corrected chi connectivity index (χ3v) is 4.78. The molecule has 25 heavy (non-hydrogen) atoms. The van der Waals surface area contributed by atoms with Gasteiger partial charge in [0, 0.05) is 18.4 Å². The van der Waals surface area contributed by atoms with E-state index in [9.17, 15) is 14.7 Å². The SMILES string of the molecule is COC(=O)[C@@H]1C[C@H](O)CCN1C(=O)c1cc2cccc(C)c2nc1C. The smallest absolute Gasteiger partial charge is 0.328 e. The van der Waals surface area contributed by atoms with Crippen LogP contribution < -0.4 is 0 Å². The Labute approximate surface area is 146 Å². The number of amides is 1. The Morgan fingerprint density at radius 3 is 2.80 bits per heavy atom. The number of esters is 1. The van der Waals surface area contributed by atoms with Gasteiger partial charge in [-0.1, -0.05) is 18.2 Å². The number of methoxy groups -OCH3 is 1. The van der Waals surface area contributed by atoms with Gasteiger partial charge >= 0.3 is 5.97 Å². The summed E-state index contributed by atoms with van der Waals surface area (Å²) < 4.78 is 4.81. The summed E-state index contributed by atoms with van der Waals surface area (Å²) >= 11 is 0. The van der Waals surface area contributed by atoms with Crippen molar-refractivity contribution in [2.45, 2.75) is 38.8 Å². The Hall–Kier alpha value is -2.47. The molecule has 1 aliphatic rings. The minimum atomic E-state index is -0.770. The maximum Gasteiger partial charge on any atom is 0.328 e. The summed E-state index contributed by atoms with van der Waals surface area (Å²) in [5.41, 5.74) is 3.02. The van der Waals surface area contributed by atoms with E-state index in [0.29, 0.717) is 24.2 Å². The molecule has 132 valence electrons. The van der Waals surface area contributed by atoms with Crippen LogP contribution in [0.5, 0.6) is 0 Å². The fourth-order valence-electron chi connectivity index (χ4n) is 3.36. The highest BCUT2D eigenvalue weighted by Crippen LogP contribution is 2.25.